The third-order valence-corrected chi connectivity index (χ3v) is 8.05. The Labute approximate surface area is 241 Å². The molecule has 4 aromatic rings. The van der Waals surface area contributed by atoms with Gasteiger partial charge >= 0.3 is 0 Å². The molecule has 2 amide bonds. The SMILES string of the molecule is CC(=O)Nc1cccc(Cl)c1C(=O)N1CCN(c2cnn(-c3ccccc3)c(=O)c2SCc2ccccc2)CC1. The molecule has 204 valence electrons. The maximum absolute atomic E-state index is 13.7. The minimum absolute atomic E-state index is 0.181. The average molecular weight is 574 g/mol. The molecule has 1 aromatic heterocycles. The largest absolute Gasteiger partial charge is 0.366 e. The van der Waals surface area contributed by atoms with Crippen LogP contribution < -0.4 is 15.8 Å². The topological polar surface area (TPSA) is 87.5 Å². The van der Waals surface area contributed by atoms with Crippen LogP contribution in [0.5, 0.6) is 0 Å². The summed E-state index contributed by atoms with van der Waals surface area (Å²) in [6.45, 7) is 3.27. The van der Waals surface area contributed by atoms with Gasteiger partial charge in [0.15, 0.2) is 0 Å². The second-order valence-electron chi connectivity index (χ2n) is 9.31. The molecular formula is C30H28ClN5O3S. The summed E-state index contributed by atoms with van der Waals surface area (Å²) >= 11 is 7.87. The summed E-state index contributed by atoms with van der Waals surface area (Å²) in [4.78, 5) is 43.3. The number of thioether (sulfide) groups is 1. The molecule has 0 radical (unpaired) electrons. The minimum atomic E-state index is -0.278. The summed E-state index contributed by atoms with van der Waals surface area (Å²) in [5.74, 6) is 0.114. The lowest BCUT2D eigenvalue weighted by Gasteiger charge is -2.37. The number of halogens is 1. The molecule has 8 nitrogen and oxygen atoms in total. The highest BCUT2D eigenvalue weighted by atomic mass is 35.5. The molecule has 1 N–H and O–H groups in total. The number of amides is 2. The summed E-state index contributed by atoms with van der Waals surface area (Å²) in [7, 11) is 0. The maximum atomic E-state index is 13.7. The zero-order valence-electron chi connectivity index (χ0n) is 21.9. The van der Waals surface area contributed by atoms with Crippen LogP contribution in [0.2, 0.25) is 5.02 Å². The molecule has 1 saturated heterocycles. The van der Waals surface area contributed by atoms with Gasteiger partial charge in [-0.25, -0.2) is 0 Å². The first-order valence-electron chi connectivity index (χ1n) is 12.9. The summed E-state index contributed by atoms with van der Waals surface area (Å²) in [5, 5.41) is 7.49. The molecule has 1 fully saturated rings. The number of rotatable bonds is 7. The van der Waals surface area contributed by atoms with Crippen LogP contribution in [0.3, 0.4) is 0 Å². The Bertz CT molecular complexity index is 1570. The van der Waals surface area contributed by atoms with Gasteiger partial charge in [0.1, 0.15) is 4.90 Å². The molecule has 1 aliphatic rings. The summed E-state index contributed by atoms with van der Waals surface area (Å²) < 4.78 is 1.43. The van der Waals surface area contributed by atoms with Crippen molar-refractivity contribution in [3.05, 3.63) is 112 Å². The number of carbonyl (C=O) groups excluding carboxylic acids is 2. The van der Waals surface area contributed by atoms with Gasteiger partial charge in [-0.1, -0.05) is 66.2 Å². The Balaban J connectivity index is 1.39. The maximum Gasteiger partial charge on any atom is 0.287 e. The van der Waals surface area contributed by atoms with E-state index in [-0.39, 0.29) is 28.0 Å². The lowest BCUT2D eigenvalue weighted by Crippen LogP contribution is -2.49. The summed E-state index contributed by atoms with van der Waals surface area (Å²) in [5.41, 5.74) is 3.05. The van der Waals surface area contributed by atoms with Crippen molar-refractivity contribution in [3.8, 4) is 5.69 Å². The van der Waals surface area contributed by atoms with E-state index in [1.807, 2.05) is 60.7 Å². The Kier molecular flexibility index (Phi) is 8.52. The van der Waals surface area contributed by atoms with Crippen LogP contribution in [0.15, 0.2) is 94.7 Å². The molecule has 10 heteroatoms. The van der Waals surface area contributed by atoms with Gasteiger partial charge in [0, 0.05) is 38.9 Å². The van der Waals surface area contributed by atoms with Crippen molar-refractivity contribution in [3.63, 3.8) is 0 Å². The molecule has 2 heterocycles. The quantitative estimate of drug-likeness (QED) is 0.310. The molecule has 40 heavy (non-hydrogen) atoms. The molecule has 1 aliphatic heterocycles. The fourth-order valence-corrected chi connectivity index (χ4v) is 5.92. The van der Waals surface area contributed by atoms with Crippen molar-refractivity contribution >= 4 is 46.6 Å². The normalized spacial score (nSPS) is 13.2. The number of hydrogen-bond acceptors (Lipinski definition) is 6. The molecule has 0 spiro atoms. The van der Waals surface area contributed by atoms with Crippen LogP contribution in [-0.2, 0) is 10.5 Å². The first-order valence-corrected chi connectivity index (χ1v) is 14.2. The number of nitrogens with zero attached hydrogens (tertiary/aromatic N) is 4. The van der Waals surface area contributed by atoms with Crippen LogP contribution in [0, 0.1) is 0 Å². The van der Waals surface area contributed by atoms with E-state index in [4.69, 9.17) is 11.6 Å². The molecule has 5 rings (SSSR count). The van der Waals surface area contributed by atoms with Crippen molar-refractivity contribution in [2.75, 3.05) is 36.4 Å². The standard InChI is InChI=1S/C30H28ClN5O3S/c1-21(37)33-25-14-8-13-24(31)27(25)29(38)35-17-15-34(16-18-35)26-19-32-36(23-11-6-3-7-12-23)30(39)28(26)40-20-22-9-4-2-5-10-22/h2-14,19H,15-18,20H2,1H3,(H,33,37). The van der Waals surface area contributed by atoms with E-state index in [0.29, 0.717) is 48.2 Å². The van der Waals surface area contributed by atoms with E-state index in [9.17, 15) is 14.4 Å². The molecule has 0 unspecified atom stereocenters. The molecule has 0 saturated carbocycles. The lowest BCUT2D eigenvalue weighted by atomic mass is 10.1. The molecule has 0 aliphatic carbocycles. The van der Waals surface area contributed by atoms with Crippen molar-refractivity contribution in [1.29, 1.82) is 0 Å². The van der Waals surface area contributed by atoms with Crippen molar-refractivity contribution in [2.24, 2.45) is 0 Å². The van der Waals surface area contributed by atoms with Crippen LogP contribution in [-0.4, -0.2) is 52.7 Å². The van der Waals surface area contributed by atoms with Gasteiger partial charge in [-0.2, -0.15) is 9.78 Å². The van der Waals surface area contributed by atoms with Gasteiger partial charge < -0.3 is 15.1 Å². The highest BCUT2D eigenvalue weighted by molar-refractivity contribution is 7.98. The van der Waals surface area contributed by atoms with E-state index in [2.05, 4.69) is 15.3 Å². The number of benzene rings is 3. The van der Waals surface area contributed by atoms with E-state index in [0.717, 1.165) is 11.3 Å². The number of para-hydroxylation sites is 1. The summed E-state index contributed by atoms with van der Waals surface area (Å²) in [6.07, 6.45) is 1.74. The van der Waals surface area contributed by atoms with Crippen LogP contribution in [0.25, 0.3) is 5.69 Å². The van der Waals surface area contributed by atoms with Gasteiger partial charge in [-0.15, -0.1) is 11.8 Å². The van der Waals surface area contributed by atoms with Crippen LogP contribution in [0.1, 0.15) is 22.8 Å². The smallest absolute Gasteiger partial charge is 0.287 e. The Hall–Kier alpha value is -4.08. The highest BCUT2D eigenvalue weighted by Gasteiger charge is 2.28. The second kappa shape index (κ2) is 12.4. The van der Waals surface area contributed by atoms with Gasteiger partial charge in [0.2, 0.25) is 5.91 Å². The van der Waals surface area contributed by atoms with Crippen LogP contribution in [0.4, 0.5) is 11.4 Å². The Morgan fingerprint density at radius 2 is 1.60 bits per heavy atom. The third kappa shape index (κ3) is 6.05. The van der Waals surface area contributed by atoms with E-state index in [1.165, 1.54) is 23.4 Å². The number of hydrogen-bond donors (Lipinski definition) is 1. The Morgan fingerprint density at radius 3 is 2.27 bits per heavy atom. The fraction of sp³-hybridized carbons (Fsp3) is 0.200. The molecule has 0 bridgehead atoms. The zero-order valence-corrected chi connectivity index (χ0v) is 23.5. The van der Waals surface area contributed by atoms with Crippen LogP contribution >= 0.6 is 23.4 Å². The van der Waals surface area contributed by atoms with Gasteiger partial charge in [0.05, 0.1) is 33.8 Å². The van der Waals surface area contributed by atoms with Gasteiger partial charge in [-0.05, 0) is 29.8 Å². The fourth-order valence-electron chi connectivity index (χ4n) is 4.62. The highest BCUT2D eigenvalue weighted by Crippen LogP contribution is 2.31. The average Bonchev–Trinajstić information content (AvgIpc) is 2.97. The predicted octanol–water partition coefficient (Wildman–Crippen LogP) is 5.10. The van der Waals surface area contributed by atoms with E-state index in [1.54, 1.807) is 29.3 Å². The number of carbonyl (C=O) groups is 2. The second-order valence-corrected chi connectivity index (χ2v) is 10.7. The number of nitrogens with one attached hydrogen (secondary N) is 1. The van der Waals surface area contributed by atoms with Gasteiger partial charge in [-0.3, -0.25) is 14.4 Å². The lowest BCUT2D eigenvalue weighted by molar-refractivity contribution is -0.114. The first-order chi connectivity index (χ1) is 19.4. The van der Waals surface area contributed by atoms with Crippen molar-refractivity contribution < 1.29 is 9.59 Å². The first kappa shape index (κ1) is 27.5. The monoisotopic (exact) mass is 573 g/mol. The molecule has 0 atom stereocenters. The van der Waals surface area contributed by atoms with E-state index >= 15 is 0 Å². The molecule has 3 aromatic carbocycles. The van der Waals surface area contributed by atoms with Gasteiger partial charge in [0.25, 0.3) is 11.5 Å². The van der Waals surface area contributed by atoms with Crippen molar-refractivity contribution in [2.45, 2.75) is 17.6 Å². The number of anilines is 2. The van der Waals surface area contributed by atoms with E-state index < -0.39 is 0 Å². The number of piperazine rings is 1. The summed E-state index contributed by atoms with van der Waals surface area (Å²) in [6, 6.07) is 24.4. The minimum Gasteiger partial charge on any atom is -0.366 e. The molecular weight excluding hydrogens is 546 g/mol. The third-order valence-electron chi connectivity index (χ3n) is 6.59. The number of aromatic nitrogens is 2. The Morgan fingerprint density at radius 1 is 0.925 bits per heavy atom. The van der Waals surface area contributed by atoms with Crippen molar-refractivity contribution in [1.82, 2.24) is 14.7 Å². The zero-order chi connectivity index (χ0) is 28.1. The predicted molar refractivity (Wildman–Crippen MR) is 160 cm³/mol.